The van der Waals surface area contributed by atoms with Crippen LogP contribution in [-0.2, 0) is 0 Å². The van der Waals surface area contributed by atoms with E-state index in [0.29, 0.717) is 11.6 Å². The Bertz CT molecular complexity index is 417. The summed E-state index contributed by atoms with van der Waals surface area (Å²) in [5.41, 5.74) is 2.64. The molecule has 5 nitrogen and oxygen atoms in total. The number of carbonyl (C=O) groups is 1. The highest BCUT2D eigenvalue weighted by Gasteiger charge is 2.23. The molecule has 1 aliphatic heterocycles. The van der Waals surface area contributed by atoms with Gasteiger partial charge in [-0.25, -0.2) is 0 Å². The van der Waals surface area contributed by atoms with Gasteiger partial charge in [-0.3, -0.25) is 9.89 Å². The molecule has 1 aromatic heterocycles. The fourth-order valence-electron chi connectivity index (χ4n) is 2.38. The lowest BCUT2D eigenvalue weighted by Crippen LogP contribution is -2.34. The number of nitrogens with zero attached hydrogens (tertiary/aromatic N) is 2. The zero-order chi connectivity index (χ0) is 13.1. The molecule has 1 aromatic rings. The van der Waals surface area contributed by atoms with Crippen LogP contribution in [-0.4, -0.2) is 47.2 Å². The standard InChI is InChI=1S/C13H22N4O/c1-9(2)11-10(3)12(16-15-11)13(18)17-7-4-5-14-6-8-17/h9,14H,4-8H2,1-3H3,(H,15,16). The van der Waals surface area contributed by atoms with E-state index in [1.54, 1.807) is 0 Å². The van der Waals surface area contributed by atoms with E-state index >= 15 is 0 Å². The fourth-order valence-corrected chi connectivity index (χ4v) is 2.38. The van der Waals surface area contributed by atoms with E-state index in [2.05, 4.69) is 29.4 Å². The van der Waals surface area contributed by atoms with E-state index in [0.717, 1.165) is 43.9 Å². The number of rotatable bonds is 2. The second kappa shape index (κ2) is 5.52. The molecule has 0 spiro atoms. The summed E-state index contributed by atoms with van der Waals surface area (Å²) in [6, 6.07) is 0. The molecule has 2 N–H and O–H groups in total. The molecule has 1 aliphatic rings. The first kappa shape index (κ1) is 13.1. The fraction of sp³-hybridized carbons (Fsp3) is 0.692. The Morgan fingerprint density at radius 1 is 1.33 bits per heavy atom. The van der Waals surface area contributed by atoms with Crippen molar-refractivity contribution in [2.24, 2.45) is 0 Å². The maximum absolute atomic E-state index is 12.4. The molecule has 100 valence electrons. The third-order valence-corrected chi connectivity index (χ3v) is 3.45. The molecule has 0 aromatic carbocycles. The van der Waals surface area contributed by atoms with Crippen molar-refractivity contribution in [3.05, 3.63) is 17.0 Å². The quantitative estimate of drug-likeness (QED) is 0.831. The number of hydrogen-bond donors (Lipinski definition) is 2. The molecule has 0 unspecified atom stereocenters. The molecule has 18 heavy (non-hydrogen) atoms. The van der Waals surface area contributed by atoms with Crippen LogP contribution in [0, 0.1) is 6.92 Å². The monoisotopic (exact) mass is 250 g/mol. The molecule has 0 atom stereocenters. The predicted molar refractivity (Wildman–Crippen MR) is 70.8 cm³/mol. The largest absolute Gasteiger partial charge is 0.336 e. The summed E-state index contributed by atoms with van der Waals surface area (Å²) in [6.45, 7) is 9.61. The van der Waals surface area contributed by atoms with Gasteiger partial charge in [-0.2, -0.15) is 5.10 Å². The summed E-state index contributed by atoms with van der Waals surface area (Å²) in [7, 11) is 0. The predicted octanol–water partition coefficient (Wildman–Crippen LogP) is 1.28. The van der Waals surface area contributed by atoms with E-state index in [4.69, 9.17) is 0 Å². The molecule has 0 radical (unpaired) electrons. The molecule has 0 saturated carbocycles. The molecule has 2 rings (SSSR count). The summed E-state index contributed by atoms with van der Waals surface area (Å²) >= 11 is 0. The average Bonchev–Trinajstić information content (AvgIpc) is 2.56. The SMILES string of the molecule is Cc1c(C(=O)N2CCCNCC2)n[nH]c1C(C)C. The van der Waals surface area contributed by atoms with Gasteiger partial charge in [-0.15, -0.1) is 0 Å². The second-order valence-corrected chi connectivity index (χ2v) is 5.16. The minimum absolute atomic E-state index is 0.0550. The Balaban J connectivity index is 2.17. The van der Waals surface area contributed by atoms with E-state index in [1.807, 2.05) is 11.8 Å². The van der Waals surface area contributed by atoms with Gasteiger partial charge in [0.2, 0.25) is 0 Å². The van der Waals surface area contributed by atoms with Crippen molar-refractivity contribution < 1.29 is 4.79 Å². The number of aromatic nitrogens is 2. The Hall–Kier alpha value is -1.36. The second-order valence-electron chi connectivity index (χ2n) is 5.16. The Labute approximate surface area is 108 Å². The molecular formula is C13H22N4O. The van der Waals surface area contributed by atoms with Crippen molar-refractivity contribution in [2.45, 2.75) is 33.1 Å². The van der Waals surface area contributed by atoms with Gasteiger partial charge in [0, 0.05) is 30.9 Å². The van der Waals surface area contributed by atoms with Gasteiger partial charge in [0.1, 0.15) is 0 Å². The molecule has 1 saturated heterocycles. The van der Waals surface area contributed by atoms with E-state index in [-0.39, 0.29) is 5.91 Å². The highest BCUT2D eigenvalue weighted by Crippen LogP contribution is 2.20. The zero-order valence-corrected chi connectivity index (χ0v) is 11.4. The number of aromatic amines is 1. The molecule has 1 fully saturated rings. The number of nitrogens with one attached hydrogen (secondary N) is 2. The minimum atomic E-state index is 0.0550. The Morgan fingerprint density at radius 2 is 2.11 bits per heavy atom. The topological polar surface area (TPSA) is 61.0 Å². The number of hydrogen-bond acceptors (Lipinski definition) is 3. The van der Waals surface area contributed by atoms with Crippen LogP contribution >= 0.6 is 0 Å². The third-order valence-electron chi connectivity index (χ3n) is 3.45. The van der Waals surface area contributed by atoms with Gasteiger partial charge in [0.15, 0.2) is 5.69 Å². The van der Waals surface area contributed by atoms with E-state index in [1.165, 1.54) is 0 Å². The minimum Gasteiger partial charge on any atom is -0.336 e. The van der Waals surface area contributed by atoms with Crippen LogP contribution in [0.15, 0.2) is 0 Å². The van der Waals surface area contributed by atoms with Crippen molar-refractivity contribution in [1.82, 2.24) is 20.4 Å². The Morgan fingerprint density at radius 3 is 2.78 bits per heavy atom. The van der Waals surface area contributed by atoms with Crippen LogP contribution in [0.5, 0.6) is 0 Å². The summed E-state index contributed by atoms with van der Waals surface area (Å²) in [5, 5.41) is 10.5. The molecule has 2 heterocycles. The lowest BCUT2D eigenvalue weighted by Gasteiger charge is -2.19. The van der Waals surface area contributed by atoms with Crippen LogP contribution in [0.2, 0.25) is 0 Å². The van der Waals surface area contributed by atoms with Gasteiger partial charge in [0.05, 0.1) is 0 Å². The summed E-state index contributed by atoms with van der Waals surface area (Å²) < 4.78 is 0. The molecule has 1 amide bonds. The van der Waals surface area contributed by atoms with Crippen LogP contribution in [0.4, 0.5) is 0 Å². The highest BCUT2D eigenvalue weighted by atomic mass is 16.2. The first-order valence-electron chi connectivity index (χ1n) is 6.66. The highest BCUT2D eigenvalue weighted by molar-refractivity contribution is 5.94. The Kier molecular flexibility index (Phi) is 4.01. The van der Waals surface area contributed by atoms with Crippen molar-refractivity contribution in [1.29, 1.82) is 0 Å². The third kappa shape index (κ3) is 2.56. The van der Waals surface area contributed by atoms with Gasteiger partial charge < -0.3 is 10.2 Å². The molecular weight excluding hydrogens is 228 g/mol. The van der Waals surface area contributed by atoms with Crippen LogP contribution in [0.1, 0.15) is 47.9 Å². The normalized spacial score (nSPS) is 17.0. The number of carbonyl (C=O) groups excluding carboxylic acids is 1. The van der Waals surface area contributed by atoms with E-state index < -0.39 is 0 Å². The maximum atomic E-state index is 12.4. The van der Waals surface area contributed by atoms with E-state index in [9.17, 15) is 4.79 Å². The van der Waals surface area contributed by atoms with Crippen molar-refractivity contribution >= 4 is 5.91 Å². The first-order chi connectivity index (χ1) is 8.61. The molecule has 5 heteroatoms. The summed E-state index contributed by atoms with van der Waals surface area (Å²) in [6.07, 6.45) is 1.01. The maximum Gasteiger partial charge on any atom is 0.274 e. The van der Waals surface area contributed by atoms with Crippen LogP contribution in [0.3, 0.4) is 0 Å². The van der Waals surface area contributed by atoms with Gasteiger partial charge in [0.25, 0.3) is 5.91 Å². The molecule has 0 bridgehead atoms. The van der Waals surface area contributed by atoms with Gasteiger partial charge in [-0.1, -0.05) is 13.8 Å². The first-order valence-corrected chi connectivity index (χ1v) is 6.66. The van der Waals surface area contributed by atoms with Gasteiger partial charge >= 0.3 is 0 Å². The number of amides is 1. The summed E-state index contributed by atoms with van der Waals surface area (Å²) in [4.78, 5) is 14.3. The van der Waals surface area contributed by atoms with Crippen molar-refractivity contribution in [3.8, 4) is 0 Å². The number of H-pyrrole nitrogens is 1. The van der Waals surface area contributed by atoms with Crippen molar-refractivity contribution in [3.63, 3.8) is 0 Å². The smallest absolute Gasteiger partial charge is 0.274 e. The average molecular weight is 250 g/mol. The zero-order valence-electron chi connectivity index (χ0n) is 11.4. The van der Waals surface area contributed by atoms with Gasteiger partial charge in [-0.05, 0) is 25.8 Å². The summed E-state index contributed by atoms with van der Waals surface area (Å²) in [5.74, 6) is 0.421. The van der Waals surface area contributed by atoms with Crippen LogP contribution in [0.25, 0.3) is 0 Å². The lowest BCUT2D eigenvalue weighted by molar-refractivity contribution is 0.0759. The lowest BCUT2D eigenvalue weighted by atomic mass is 10.0. The van der Waals surface area contributed by atoms with Crippen molar-refractivity contribution in [2.75, 3.05) is 26.2 Å². The molecule has 0 aliphatic carbocycles. The van der Waals surface area contributed by atoms with Crippen LogP contribution < -0.4 is 5.32 Å².